The average molecular weight is 172 g/mol. The molecule has 2 saturated heterocycles. The molecule has 3 fully saturated rings. The molecule has 0 aromatic rings. The van der Waals surface area contributed by atoms with Gasteiger partial charge in [0.1, 0.15) is 35.6 Å². The molecule has 1 aliphatic carbocycles. The van der Waals surface area contributed by atoms with E-state index >= 15 is 0 Å². The number of epoxide rings is 2. The van der Waals surface area contributed by atoms with Gasteiger partial charge in [0.15, 0.2) is 0 Å². The van der Waals surface area contributed by atoms with Crippen molar-refractivity contribution in [3.05, 3.63) is 0 Å². The first kappa shape index (κ1) is 7.26. The first-order valence-corrected chi connectivity index (χ1v) is 4.22. The second-order valence-corrected chi connectivity index (χ2v) is 4.34. The van der Waals surface area contributed by atoms with Crippen LogP contribution in [0.1, 0.15) is 13.8 Å². The van der Waals surface area contributed by atoms with Crippen LogP contribution in [-0.4, -0.2) is 45.8 Å². The van der Waals surface area contributed by atoms with E-state index < -0.39 is 23.4 Å². The Morgan fingerprint density at radius 3 is 1.83 bits per heavy atom. The van der Waals surface area contributed by atoms with Crippen LogP contribution in [0.15, 0.2) is 0 Å². The fraction of sp³-hybridized carbons (Fsp3) is 1.00. The summed E-state index contributed by atoms with van der Waals surface area (Å²) < 4.78 is 10.6. The lowest BCUT2D eigenvalue weighted by atomic mass is 9.79. The van der Waals surface area contributed by atoms with E-state index in [-0.39, 0.29) is 12.2 Å². The monoisotopic (exact) mass is 172 g/mol. The lowest BCUT2D eigenvalue weighted by molar-refractivity contribution is 0.0201. The maximum Gasteiger partial charge on any atom is 0.123 e. The van der Waals surface area contributed by atoms with Gasteiger partial charge in [-0.1, -0.05) is 0 Å². The second kappa shape index (κ2) is 1.57. The van der Waals surface area contributed by atoms with Gasteiger partial charge in [0.25, 0.3) is 0 Å². The summed E-state index contributed by atoms with van der Waals surface area (Å²) in [5.74, 6) is 0. The number of fused-ring (bicyclic) bond motifs is 2. The first-order valence-electron chi connectivity index (χ1n) is 4.22. The Balaban J connectivity index is 1.98. The summed E-state index contributed by atoms with van der Waals surface area (Å²) in [7, 11) is 0. The number of rotatable bonds is 0. The van der Waals surface area contributed by atoms with E-state index in [1.807, 2.05) is 13.8 Å². The minimum atomic E-state index is -0.608. The molecular weight excluding hydrogens is 160 g/mol. The lowest BCUT2D eigenvalue weighted by Crippen LogP contribution is -2.50. The summed E-state index contributed by atoms with van der Waals surface area (Å²) in [6.07, 6.45) is -1.63. The van der Waals surface area contributed by atoms with Gasteiger partial charge in [-0.15, -0.1) is 0 Å². The molecule has 4 unspecified atom stereocenters. The topological polar surface area (TPSA) is 65.5 Å². The highest BCUT2D eigenvalue weighted by Crippen LogP contribution is 2.59. The van der Waals surface area contributed by atoms with Crippen molar-refractivity contribution >= 4 is 0 Å². The predicted octanol–water partition coefficient (Wildman–Crippen LogP) is -0.963. The van der Waals surface area contributed by atoms with Crippen LogP contribution in [0, 0.1) is 0 Å². The van der Waals surface area contributed by atoms with Gasteiger partial charge < -0.3 is 19.7 Å². The highest BCUT2D eigenvalue weighted by Gasteiger charge is 2.80. The zero-order valence-electron chi connectivity index (χ0n) is 7.02. The average Bonchev–Trinajstić information content (AvgIpc) is 2.85. The molecule has 4 nitrogen and oxygen atoms in total. The summed E-state index contributed by atoms with van der Waals surface area (Å²) in [6.45, 7) is 3.63. The lowest BCUT2D eigenvalue weighted by Gasteiger charge is -2.25. The van der Waals surface area contributed by atoms with Crippen molar-refractivity contribution in [2.75, 3.05) is 0 Å². The molecule has 0 aromatic carbocycles. The van der Waals surface area contributed by atoms with E-state index in [9.17, 15) is 10.2 Å². The second-order valence-electron chi connectivity index (χ2n) is 4.34. The molecule has 1 saturated carbocycles. The van der Waals surface area contributed by atoms with Gasteiger partial charge in [-0.25, -0.2) is 0 Å². The molecule has 68 valence electrons. The first-order chi connectivity index (χ1) is 5.50. The fourth-order valence-electron chi connectivity index (χ4n) is 2.46. The molecule has 3 aliphatic rings. The van der Waals surface area contributed by atoms with Gasteiger partial charge in [0.05, 0.1) is 0 Å². The van der Waals surface area contributed by atoms with Crippen LogP contribution in [0.2, 0.25) is 0 Å². The van der Waals surface area contributed by atoms with Crippen LogP contribution in [0.4, 0.5) is 0 Å². The largest absolute Gasteiger partial charge is 0.387 e. The predicted molar refractivity (Wildman–Crippen MR) is 38.6 cm³/mol. The van der Waals surface area contributed by atoms with E-state index in [1.165, 1.54) is 0 Å². The van der Waals surface area contributed by atoms with Gasteiger partial charge in [-0.3, -0.25) is 0 Å². The van der Waals surface area contributed by atoms with Crippen LogP contribution >= 0.6 is 0 Å². The van der Waals surface area contributed by atoms with Gasteiger partial charge in [-0.05, 0) is 13.8 Å². The summed E-state index contributed by atoms with van der Waals surface area (Å²) >= 11 is 0. The van der Waals surface area contributed by atoms with Crippen molar-refractivity contribution in [2.24, 2.45) is 0 Å². The van der Waals surface area contributed by atoms with E-state index in [2.05, 4.69) is 0 Å². The van der Waals surface area contributed by atoms with Crippen molar-refractivity contribution in [1.82, 2.24) is 0 Å². The van der Waals surface area contributed by atoms with Gasteiger partial charge in [0.2, 0.25) is 0 Å². The Hall–Kier alpha value is -0.160. The zero-order chi connectivity index (χ0) is 8.72. The zero-order valence-corrected chi connectivity index (χ0v) is 7.02. The van der Waals surface area contributed by atoms with Crippen LogP contribution in [-0.2, 0) is 9.47 Å². The number of aliphatic hydroxyl groups excluding tert-OH is 2. The molecule has 0 radical (unpaired) electrons. The summed E-state index contributed by atoms with van der Waals surface area (Å²) in [4.78, 5) is 0. The molecule has 0 spiro atoms. The van der Waals surface area contributed by atoms with E-state index in [1.54, 1.807) is 0 Å². The minimum absolute atomic E-state index is 0.229. The van der Waals surface area contributed by atoms with Crippen LogP contribution in [0.25, 0.3) is 0 Å². The van der Waals surface area contributed by atoms with Gasteiger partial charge in [0, 0.05) is 0 Å². The standard InChI is InChI=1S/C8H12O4/c1-7-4(11-7)3(9)5-8(2,12-5)6(7)10/h3-6,9-10H,1-2H3. The third kappa shape index (κ3) is 0.537. The Labute approximate surface area is 70.1 Å². The fourth-order valence-corrected chi connectivity index (χ4v) is 2.46. The van der Waals surface area contributed by atoms with Crippen molar-refractivity contribution in [3.8, 4) is 0 Å². The smallest absolute Gasteiger partial charge is 0.123 e. The van der Waals surface area contributed by atoms with E-state index in [4.69, 9.17) is 9.47 Å². The number of hydrogen-bond acceptors (Lipinski definition) is 4. The normalized spacial score (nSPS) is 73.0. The molecule has 0 amide bonds. The Morgan fingerprint density at radius 2 is 1.42 bits per heavy atom. The SMILES string of the molecule is CC12OC1C(O)C1OC1(C)C2O. The molecule has 4 heteroatoms. The number of ether oxygens (including phenoxy) is 2. The van der Waals surface area contributed by atoms with Gasteiger partial charge >= 0.3 is 0 Å². The van der Waals surface area contributed by atoms with Crippen molar-refractivity contribution < 1.29 is 19.7 Å². The van der Waals surface area contributed by atoms with Crippen LogP contribution in [0.5, 0.6) is 0 Å². The molecule has 0 bridgehead atoms. The van der Waals surface area contributed by atoms with Crippen molar-refractivity contribution in [3.63, 3.8) is 0 Å². The Bertz CT molecular complexity index is 231. The molecule has 4 atom stereocenters. The maximum absolute atomic E-state index is 9.80. The summed E-state index contributed by atoms with van der Waals surface area (Å²) in [5.41, 5.74) is -1.14. The quantitative estimate of drug-likeness (QED) is 0.462. The van der Waals surface area contributed by atoms with Gasteiger partial charge in [-0.2, -0.15) is 0 Å². The number of aliphatic hydroxyl groups is 2. The van der Waals surface area contributed by atoms with Crippen LogP contribution in [0.3, 0.4) is 0 Å². The molecular formula is C8H12O4. The molecule has 12 heavy (non-hydrogen) atoms. The Morgan fingerprint density at radius 1 is 1.00 bits per heavy atom. The molecule has 3 rings (SSSR count). The Kier molecular flexibility index (Phi) is 0.951. The van der Waals surface area contributed by atoms with Crippen LogP contribution < -0.4 is 0 Å². The highest BCUT2D eigenvalue weighted by atomic mass is 16.7. The van der Waals surface area contributed by atoms with Crippen molar-refractivity contribution in [2.45, 2.75) is 49.5 Å². The van der Waals surface area contributed by atoms with E-state index in [0.717, 1.165) is 0 Å². The molecule has 2 N–H and O–H groups in total. The summed E-state index contributed by atoms with van der Waals surface area (Å²) in [6, 6.07) is 0. The van der Waals surface area contributed by atoms with Crippen molar-refractivity contribution in [1.29, 1.82) is 0 Å². The third-order valence-corrected chi connectivity index (χ3v) is 3.48. The molecule has 0 aromatic heterocycles. The highest BCUT2D eigenvalue weighted by molar-refractivity contribution is 5.27. The number of hydrogen-bond donors (Lipinski definition) is 2. The minimum Gasteiger partial charge on any atom is -0.387 e. The molecule has 2 aliphatic heterocycles. The maximum atomic E-state index is 9.80. The summed E-state index contributed by atoms with van der Waals surface area (Å²) in [5, 5.41) is 19.4. The molecule has 2 heterocycles. The third-order valence-electron chi connectivity index (χ3n) is 3.48. The van der Waals surface area contributed by atoms with E-state index in [0.29, 0.717) is 0 Å².